The number of carbonyl (C=O) groups excluding carboxylic acids is 1. The average Bonchev–Trinajstić information content (AvgIpc) is 2.46. The number of anilines is 1. The van der Waals surface area contributed by atoms with E-state index in [-0.39, 0.29) is 17.7 Å². The van der Waals surface area contributed by atoms with Gasteiger partial charge in [-0.3, -0.25) is 9.69 Å². The van der Waals surface area contributed by atoms with Crippen molar-refractivity contribution in [3.05, 3.63) is 23.8 Å². The van der Waals surface area contributed by atoms with Gasteiger partial charge in [0.25, 0.3) is 0 Å². The van der Waals surface area contributed by atoms with E-state index in [0.717, 1.165) is 30.8 Å². The van der Waals surface area contributed by atoms with Crippen molar-refractivity contribution in [2.75, 3.05) is 32.5 Å². The van der Waals surface area contributed by atoms with Gasteiger partial charge in [0.2, 0.25) is 5.91 Å². The Bertz CT molecular complexity index is 463. The van der Waals surface area contributed by atoms with Gasteiger partial charge in [0.15, 0.2) is 0 Å². The number of likely N-dealkylation sites (N-methyl/N-ethyl adjacent to an activating group) is 2. The van der Waals surface area contributed by atoms with E-state index in [1.54, 1.807) is 12.1 Å². The van der Waals surface area contributed by atoms with Crippen molar-refractivity contribution in [2.45, 2.75) is 32.7 Å². The van der Waals surface area contributed by atoms with Gasteiger partial charge in [-0.1, -0.05) is 6.92 Å². The summed E-state index contributed by atoms with van der Waals surface area (Å²) in [7, 11) is 3.93. The van der Waals surface area contributed by atoms with E-state index in [1.165, 1.54) is 0 Å². The lowest BCUT2D eigenvalue weighted by molar-refractivity contribution is -0.116. The third-order valence-electron chi connectivity index (χ3n) is 3.61. The smallest absolute Gasteiger partial charge is 0.224 e. The molecule has 0 aliphatic carbocycles. The molecule has 1 aromatic carbocycles. The minimum Gasteiger partial charge on any atom is -0.508 e. The zero-order valence-electron chi connectivity index (χ0n) is 13.4. The molecule has 0 saturated heterocycles. The van der Waals surface area contributed by atoms with Gasteiger partial charge in [-0.25, -0.2) is 0 Å². The van der Waals surface area contributed by atoms with Crippen LogP contribution in [0.1, 0.15) is 38.3 Å². The molecule has 3 N–H and O–H groups in total. The van der Waals surface area contributed by atoms with Gasteiger partial charge >= 0.3 is 0 Å². The van der Waals surface area contributed by atoms with Crippen LogP contribution >= 0.6 is 0 Å². The molecule has 1 unspecified atom stereocenters. The second kappa shape index (κ2) is 8.64. The van der Waals surface area contributed by atoms with Crippen LogP contribution in [-0.4, -0.2) is 43.1 Å². The number of phenols is 1. The van der Waals surface area contributed by atoms with E-state index in [4.69, 9.17) is 0 Å². The molecule has 0 aromatic heterocycles. The summed E-state index contributed by atoms with van der Waals surface area (Å²) in [4.78, 5) is 13.8. The summed E-state index contributed by atoms with van der Waals surface area (Å²) < 4.78 is 0. The van der Waals surface area contributed by atoms with Gasteiger partial charge in [-0.05, 0) is 45.6 Å². The van der Waals surface area contributed by atoms with E-state index in [2.05, 4.69) is 15.5 Å². The maximum atomic E-state index is 11.7. The number of rotatable bonds is 8. The summed E-state index contributed by atoms with van der Waals surface area (Å²) in [5.74, 6) is 0.262. The normalized spacial score (nSPS) is 12.4. The first-order valence-electron chi connectivity index (χ1n) is 7.47. The van der Waals surface area contributed by atoms with Gasteiger partial charge in [-0.2, -0.15) is 0 Å². The van der Waals surface area contributed by atoms with Crippen LogP contribution in [-0.2, 0) is 4.79 Å². The molecule has 0 radical (unpaired) electrons. The Labute approximate surface area is 127 Å². The Morgan fingerprint density at radius 2 is 2.14 bits per heavy atom. The quantitative estimate of drug-likeness (QED) is 0.644. The Balaban J connectivity index is 2.83. The van der Waals surface area contributed by atoms with Crippen LogP contribution in [0.3, 0.4) is 0 Å². The first-order valence-corrected chi connectivity index (χ1v) is 7.47. The first kappa shape index (κ1) is 17.5. The first-order chi connectivity index (χ1) is 9.99. The Morgan fingerprint density at radius 3 is 2.76 bits per heavy atom. The van der Waals surface area contributed by atoms with E-state index < -0.39 is 0 Å². The fraction of sp³-hybridized carbons (Fsp3) is 0.562. The minimum absolute atomic E-state index is 0.00494. The molecule has 1 aromatic rings. The molecule has 0 bridgehead atoms. The molecule has 1 amide bonds. The molecule has 0 aliphatic rings. The fourth-order valence-electron chi connectivity index (χ4n) is 2.14. The second-order valence-corrected chi connectivity index (χ2v) is 5.33. The van der Waals surface area contributed by atoms with Gasteiger partial charge < -0.3 is 15.7 Å². The van der Waals surface area contributed by atoms with Crippen molar-refractivity contribution in [2.24, 2.45) is 0 Å². The molecule has 118 valence electrons. The number of nitrogens with zero attached hydrogens (tertiary/aromatic N) is 1. The molecule has 0 fully saturated rings. The standard InChI is InChI=1S/C16H27N3O2/c1-5-6-16(21)18-13-7-8-15(20)14(11-13)12(2)19(4)10-9-17-3/h7-8,11-12,17,20H,5-6,9-10H2,1-4H3,(H,18,21). The maximum absolute atomic E-state index is 11.7. The lowest BCUT2D eigenvalue weighted by Crippen LogP contribution is -2.29. The highest BCUT2D eigenvalue weighted by atomic mass is 16.3. The summed E-state index contributed by atoms with van der Waals surface area (Å²) in [6.07, 6.45) is 1.33. The van der Waals surface area contributed by atoms with E-state index in [9.17, 15) is 9.90 Å². The van der Waals surface area contributed by atoms with E-state index in [1.807, 2.05) is 34.0 Å². The van der Waals surface area contributed by atoms with Gasteiger partial charge in [0, 0.05) is 36.8 Å². The highest BCUT2D eigenvalue weighted by molar-refractivity contribution is 5.90. The Kier molecular flexibility index (Phi) is 7.19. The van der Waals surface area contributed by atoms with Crippen LogP contribution < -0.4 is 10.6 Å². The molecule has 0 heterocycles. The Morgan fingerprint density at radius 1 is 1.43 bits per heavy atom. The van der Waals surface area contributed by atoms with Gasteiger partial charge in [0.05, 0.1) is 0 Å². The number of benzene rings is 1. The monoisotopic (exact) mass is 293 g/mol. The van der Waals surface area contributed by atoms with Crippen molar-refractivity contribution < 1.29 is 9.90 Å². The van der Waals surface area contributed by atoms with Crippen LogP contribution in [0.4, 0.5) is 5.69 Å². The number of hydrogen-bond acceptors (Lipinski definition) is 4. The Hall–Kier alpha value is -1.59. The van der Waals surface area contributed by atoms with E-state index >= 15 is 0 Å². The third-order valence-corrected chi connectivity index (χ3v) is 3.61. The summed E-state index contributed by atoms with van der Waals surface area (Å²) in [5.41, 5.74) is 1.55. The summed E-state index contributed by atoms with van der Waals surface area (Å²) in [6.45, 7) is 5.78. The molecular weight excluding hydrogens is 266 g/mol. The number of carbonyl (C=O) groups is 1. The second-order valence-electron chi connectivity index (χ2n) is 5.33. The molecular formula is C16H27N3O2. The number of hydrogen-bond donors (Lipinski definition) is 3. The largest absolute Gasteiger partial charge is 0.508 e. The molecule has 1 atom stereocenters. The molecule has 1 rings (SSSR count). The van der Waals surface area contributed by atoms with Crippen molar-refractivity contribution in [3.63, 3.8) is 0 Å². The van der Waals surface area contributed by atoms with Crippen LogP contribution in [0, 0.1) is 0 Å². The van der Waals surface area contributed by atoms with Crippen LogP contribution in [0.15, 0.2) is 18.2 Å². The summed E-state index contributed by atoms with van der Waals surface area (Å²) >= 11 is 0. The lowest BCUT2D eigenvalue weighted by atomic mass is 10.0. The number of phenolic OH excluding ortho intramolecular Hbond substituents is 1. The third kappa shape index (κ3) is 5.36. The molecule has 5 nitrogen and oxygen atoms in total. The van der Waals surface area contributed by atoms with E-state index in [0.29, 0.717) is 6.42 Å². The highest BCUT2D eigenvalue weighted by Crippen LogP contribution is 2.30. The molecule has 0 saturated carbocycles. The van der Waals surface area contributed by atoms with Crippen LogP contribution in [0.5, 0.6) is 5.75 Å². The maximum Gasteiger partial charge on any atom is 0.224 e. The minimum atomic E-state index is 0.00494. The van der Waals surface area contributed by atoms with Crippen molar-refractivity contribution >= 4 is 11.6 Å². The number of amides is 1. The van der Waals surface area contributed by atoms with Gasteiger partial charge in [0.1, 0.15) is 5.75 Å². The zero-order chi connectivity index (χ0) is 15.8. The topological polar surface area (TPSA) is 64.6 Å². The van der Waals surface area contributed by atoms with Crippen molar-refractivity contribution in [1.29, 1.82) is 0 Å². The molecule has 0 aliphatic heterocycles. The highest BCUT2D eigenvalue weighted by Gasteiger charge is 2.16. The average molecular weight is 293 g/mol. The SMILES string of the molecule is CCCC(=O)Nc1ccc(O)c(C(C)N(C)CCNC)c1. The lowest BCUT2D eigenvalue weighted by Gasteiger charge is -2.26. The predicted molar refractivity (Wildman–Crippen MR) is 86.6 cm³/mol. The zero-order valence-corrected chi connectivity index (χ0v) is 13.4. The van der Waals surface area contributed by atoms with Gasteiger partial charge in [-0.15, -0.1) is 0 Å². The number of aromatic hydroxyl groups is 1. The molecule has 21 heavy (non-hydrogen) atoms. The van der Waals surface area contributed by atoms with Crippen LogP contribution in [0.2, 0.25) is 0 Å². The summed E-state index contributed by atoms with van der Waals surface area (Å²) in [5, 5.41) is 16.0. The molecule has 0 spiro atoms. The predicted octanol–water partition coefficient (Wildman–Crippen LogP) is 2.34. The number of nitrogens with one attached hydrogen (secondary N) is 2. The van der Waals surface area contributed by atoms with Crippen molar-refractivity contribution in [3.8, 4) is 5.75 Å². The molecule has 5 heteroatoms. The fourth-order valence-corrected chi connectivity index (χ4v) is 2.14. The summed E-state index contributed by atoms with van der Waals surface area (Å²) in [6, 6.07) is 5.29. The van der Waals surface area contributed by atoms with Crippen molar-refractivity contribution in [1.82, 2.24) is 10.2 Å². The van der Waals surface area contributed by atoms with Crippen LogP contribution in [0.25, 0.3) is 0 Å².